The van der Waals surface area contributed by atoms with E-state index in [-0.39, 0.29) is 12.5 Å². The molecular weight excluding hydrogens is 320 g/mol. The van der Waals surface area contributed by atoms with Crippen molar-refractivity contribution in [2.75, 3.05) is 26.2 Å². The summed E-state index contributed by atoms with van der Waals surface area (Å²) in [4.78, 5) is 14.0. The van der Waals surface area contributed by atoms with Crippen LogP contribution in [0.2, 0.25) is 0 Å². The number of para-hydroxylation sites is 1. The van der Waals surface area contributed by atoms with Gasteiger partial charge in [0.2, 0.25) is 0 Å². The van der Waals surface area contributed by atoms with Gasteiger partial charge in [-0.2, -0.15) is 11.3 Å². The van der Waals surface area contributed by atoms with Crippen LogP contribution in [0.15, 0.2) is 41.1 Å². The van der Waals surface area contributed by atoms with E-state index in [0.717, 1.165) is 56.8 Å². The van der Waals surface area contributed by atoms with Crippen molar-refractivity contribution in [3.05, 3.63) is 52.2 Å². The molecule has 1 fully saturated rings. The quantitative estimate of drug-likeness (QED) is 0.748. The Kier molecular flexibility index (Phi) is 6.26. The summed E-state index contributed by atoms with van der Waals surface area (Å²) in [5, 5.41) is 7.74. The predicted molar refractivity (Wildman–Crippen MR) is 97.5 cm³/mol. The number of carbonyl (C=O) groups is 1. The van der Waals surface area contributed by atoms with Gasteiger partial charge in [0.1, 0.15) is 5.75 Å². The van der Waals surface area contributed by atoms with E-state index in [1.165, 1.54) is 5.56 Å². The molecule has 24 heavy (non-hydrogen) atoms. The van der Waals surface area contributed by atoms with Crippen molar-refractivity contribution in [1.29, 1.82) is 0 Å². The number of likely N-dealkylation sites (tertiary alicyclic amines) is 1. The first-order chi connectivity index (χ1) is 11.8. The fraction of sp³-hybridized carbons (Fsp3) is 0.421. The van der Waals surface area contributed by atoms with Gasteiger partial charge in [0.15, 0.2) is 6.61 Å². The van der Waals surface area contributed by atoms with E-state index in [4.69, 9.17) is 4.74 Å². The van der Waals surface area contributed by atoms with Crippen molar-refractivity contribution in [2.45, 2.75) is 25.8 Å². The molecule has 0 radical (unpaired) electrons. The molecular formula is C19H24N2O2S. The molecule has 0 atom stereocenters. The molecule has 0 spiro atoms. The summed E-state index contributed by atoms with van der Waals surface area (Å²) in [6, 6.07) is 10.1. The lowest BCUT2D eigenvalue weighted by Crippen LogP contribution is -2.32. The zero-order valence-corrected chi connectivity index (χ0v) is 14.7. The number of hydrogen-bond donors (Lipinski definition) is 1. The minimum Gasteiger partial charge on any atom is -0.483 e. The van der Waals surface area contributed by atoms with E-state index >= 15 is 0 Å². The van der Waals surface area contributed by atoms with Crippen molar-refractivity contribution in [3.8, 4) is 5.75 Å². The Morgan fingerprint density at radius 2 is 2.04 bits per heavy atom. The van der Waals surface area contributed by atoms with Crippen LogP contribution in [0.25, 0.3) is 0 Å². The Hall–Kier alpha value is -1.85. The molecule has 0 bridgehead atoms. The summed E-state index contributed by atoms with van der Waals surface area (Å²) in [6.45, 7) is 3.55. The Morgan fingerprint density at radius 3 is 2.83 bits per heavy atom. The zero-order chi connectivity index (χ0) is 16.6. The number of ether oxygens (including phenoxy) is 1. The fourth-order valence-electron chi connectivity index (χ4n) is 2.88. The van der Waals surface area contributed by atoms with Crippen molar-refractivity contribution in [3.63, 3.8) is 0 Å². The van der Waals surface area contributed by atoms with Crippen molar-refractivity contribution < 1.29 is 9.53 Å². The number of carbonyl (C=O) groups excluding carboxylic acids is 1. The van der Waals surface area contributed by atoms with Gasteiger partial charge in [-0.25, -0.2) is 0 Å². The Balaban J connectivity index is 1.46. The molecule has 128 valence electrons. The second kappa shape index (κ2) is 8.85. The topological polar surface area (TPSA) is 41.6 Å². The van der Waals surface area contributed by atoms with Gasteiger partial charge in [0, 0.05) is 25.2 Å². The van der Waals surface area contributed by atoms with Crippen LogP contribution < -0.4 is 10.1 Å². The van der Waals surface area contributed by atoms with E-state index < -0.39 is 0 Å². The molecule has 0 saturated carbocycles. The molecule has 1 amide bonds. The SMILES string of the molecule is O=C(COc1ccccc1CNCCc1ccsc1)N1CCCC1. The van der Waals surface area contributed by atoms with E-state index in [1.54, 1.807) is 11.3 Å². The smallest absolute Gasteiger partial charge is 0.260 e. The number of nitrogens with one attached hydrogen (secondary N) is 1. The van der Waals surface area contributed by atoms with Gasteiger partial charge >= 0.3 is 0 Å². The molecule has 2 heterocycles. The molecule has 4 nitrogen and oxygen atoms in total. The van der Waals surface area contributed by atoms with Crippen molar-refractivity contribution in [1.82, 2.24) is 10.2 Å². The Labute approximate surface area is 147 Å². The Morgan fingerprint density at radius 1 is 1.21 bits per heavy atom. The average molecular weight is 344 g/mol. The predicted octanol–water partition coefficient (Wildman–Crippen LogP) is 3.08. The molecule has 1 aromatic carbocycles. The van der Waals surface area contributed by atoms with Crippen LogP contribution >= 0.6 is 11.3 Å². The molecule has 1 aliphatic rings. The van der Waals surface area contributed by atoms with Crippen LogP contribution in [-0.4, -0.2) is 37.0 Å². The van der Waals surface area contributed by atoms with Gasteiger partial charge < -0.3 is 15.0 Å². The third kappa shape index (κ3) is 4.82. The second-order valence-electron chi connectivity index (χ2n) is 6.04. The van der Waals surface area contributed by atoms with Crippen LogP contribution in [0.1, 0.15) is 24.0 Å². The minimum atomic E-state index is 0.0905. The number of nitrogens with zero attached hydrogens (tertiary/aromatic N) is 1. The molecule has 1 aromatic heterocycles. The molecule has 1 N–H and O–H groups in total. The maximum atomic E-state index is 12.1. The number of benzene rings is 1. The lowest BCUT2D eigenvalue weighted by Gasteiger charge is -2.17. The molecule has 1 saturated heterocycles. The van der Waals surface area contributed by atoms with Crippen molar-refractivity contribution in [2.24, 2.45) is 0 Å². The first kappa shape index (κ1) is 17.0. The Bertz CT molecular complexity index is 637. The first-order valence-corrected chi connectivity index (χ1v) is 9.47. The third-order valence-electron chi connectivity index (χ3n) is 4.27. The lowest BCUT2D eigenvalue weighted by atomic mass is 10.2. The summed E-state index contributed by atoms with van der Waals surface area (Å²) in [5.41, 5.74) is 2.46. The van der Waals surface area contributed by atoms with Gasteiger partial charge in [-0.05, 0) is 54.3 Å². The van der Waals surface area contributed by atoms with Gasteiger partial charge in [-0.1, -0.05) is 18.2 Å². The highest BCUT2D eigenvalue weighted by atomic mass is 32.1. The number of amides is 1. The van der Waals surface area contributed by atoms with Gasteiger partial charge in [-0.3, -0.25) is 4.79 Å². The van der Waals surface area contributed by atoms with E-state index in [9.17, 15) is 4.79 Å². The molecule has 0 unspecified atom stereocenters. The normalized spacial score (nSPS) is 14.1. The highest BCUT2D eigenvalue weighted by Crippen LogP contribution is 2.18. The van der Waals surface area contributed by atoms with Crippen LogP contribution in [0.4, 0.5) is 0 Å². The summed E-state index contributed by atoms with van der Waals surface area (Å²) >= 11 is 1.73. The zero-order valence-electron chi connectivity index (χ0n) is 13.9. The molecule has 1 aliphatic heterocycles. The van der Waals surface area contributed by atoms with E-state index in [0.29, 0.717) is 0 Å². The van der Waals surface area contributed by atoms with Crippen LogP contribution in [0.3, 0.4) is 0 Å². The van der Waals surface area contributed by atoms with Crippen molar-refractivity contribution >= 4 is 17.2 Å². The molecule has 3 rings (SSSR count). The van der Waals surface area contributed by atoms with Crippen LogP contribution in [0.5, 0.6) is 5.75 Å². The summed E-state index contributed by atoms with van der Waals surface area (Å²) in [7, 11) is 0. The van der Waals surface area contributed by atoms with Crippen LogP contribution in [-0.2, 0) is 17.8 Å². The van der Waals surface area contributed by atoms with E-state index in [2.05, 4.69) is 22.1 Å². The largest absolute Gasteiger partial charge is 0.483 e. The monoisotopic (exact) mass is 344 g/mol. The molecule has 5 heteroatoms. The number of rotatable bonds is 8. The van der Waals surface area contributed by atoms with Crippen LogP contribution in [0, 0.1) is 0 Å². The highest BCUT2D eigenvalue weighted by Gasteiger charge is 2.18. The molecule has 2 aromatic rings. The summed E-state index contributed by atoms with van der Waals surface area (Å²) < 4.78 is 5.78. The minimum absolute atomic E-state index is 0.0905. The summed E-state index contributed by atoms with van der Waals surface area (Å²) in [6.07, 6.45) is 3.24. The third-order valence-corrected chi connectivity index (χ3v) is 5.00. The van der Waals surface area contributed by atoms with Gasteiger partial charge in [-0.15, -0.1) is 0 Å². The lowest BCUT2D eigenvalue weighted by molar-refractivity contribution is -0.132. The summed E-state index contributed by atoms with van der Waals surface area (Å²) in [5.74, 6) is 0.890. The maximum Gasteiger partial charge on any atom is 0.260 e. The van der Waals surface area contributed by atoms with Gasteiger partial charge in [0.25, 0.3) is 5.91 Å². The average Bonchev–Trinajstić information content (AvgIpc) is 3.31. The standard InChI is InChI=1S/C19H24N2O2S/c22-19(21-10-3-4-11-21)14-23-18-6-2-1-5-17(18)13-20-9-7-16-8-12-24-15-16/h1-2,5-6,8,12,15,20H,3-4,7,9-11,13-14H2. The second-order valence-corrected chi connectivity index (χ2v) is 6.82. The van der Waals surface area contributed by atoms with Gasteiger partial charge in [0.05, 0.1) is 0 Å². The first-order valence-electron chi connectivity index (χ1n) is 8.53. The number of hydrogen-bond acceptors (Lipinski definition) is 4. The highest BCUT2D eigenvalue weighted by molar-refractivity contribution is 7.07. The fourth-order valence-corrected chi connectivity index (χ4v) is 3.58. The van der Waals surface area contributed by atoms with E-state index in [1.807, 2.05) is 29.2 Å². The molecule has 0 aliphatic carbocycles. The number of thiophene rings is 1. The maximum absolute atomic E-state index is 12.1.